The molecule has 0 aliphatic carbocycles. The van der Waals surface area contributed by atoms with E-state index in [4.69, 9.17) is 9.84 Å². The number of nitrogens with one attached hydrogen (secondary N) is 1. The molecule has 0 spiro atoms. The minimum Gasteiger partial charge on any atom is -0.496 e. The predicted molar refractivity (Wildman–Crippen MR) is 125 cm³/mol. The van der Waals surface area contributed by atoms with Gasteiger partial charge >= 0.3 is 0 Å². The first-order valence-electron chi connectivity index (χ1n) is 11.3. The average Bonchev–Trinajstić information content (AvgIpc) is 3.15. The van der Waals surface area contributed by atoms with Crippen LogP contribution < -0.4 is 10.1 Å². The highest BCUT2D eigenvalue weighted by Crippen LogP contribution is 2.33. The first-order valence-corrected chi connectivity index (χ1v) is 11.3. The maximum absolute atomic E-state index is 13.7. The Bertz CT molecular complexity index is 989. The zero-order valence-corrected chi connectivity index (χ0v) is 20.4. The van der Waals surface area contributed by atoms with Gasteiger partial charge in [0, 0.05) is 17.5 Å². The van der Waals surface area contributed by atoms with Gasteiger partial charge in [0.05, 0.1) is 25.9 Å². The van der Waals surface area contributed by atoms with Crippen LogP contribution in [-0.2, 0) is 23.3 Å². The van der Waals surface area contributed by atoms with Crippen LogP contribution >= 0.6 is 0 Å². The topological polar surface area (TPSA) is 76.5 Å². The number of hydrogen-bond donors (Lipinski definition) is 1. The van der Waals surface area contributed by atoms with Gasteiger partial charge in [0.1, 0.15) is 17.0 Å². The molecule has 3 rings (SSSR count). The van der Waals surface area contributed by atoms with Crippen molar-refractivity contribution in [2.24, 2.45) is 5.92 Å². The van der Waals surface area contributed by atoms with Gasteiger partial charge in [0.25, 0.3) is 5.91 Å². The Morgan fingerprint density at radius 1 is 1.28 bits per heavy atom. The van der Waals surface area contributed by atoms with Crippen molar-refractivity contribution in [2.75, 3.05) is 13.7 Å². The molecule has 7 nitrogen and oxygen atoms in total. The summed E-state index contributed by atoms with van der Waals surface area (Å²) in [5.74, 6) is 0.802. The number of rotatable bonds is 7. The lowest BCUT2D eigenvalue weighted by Crippen LogP contribution is -2.63. The molecule has 0 saturated carbocycles. The molecule has 0 saturated heterocycles. The van der Waals surface area contributed by atoms with Crippen LogP contribution in [0, 0.1) is 5.92 Å². The van der Waals surface area contributed by atoms with Crippen LogP contribution in [-0.4, -0.2) is 45.7 Å². The van der Waals surface area contributed by atoms with E-state index >= 15 is 0 Å². The summed E-state index contributed by atoms with van der Waals surface area (Å²) in [5.41, 5.74) is 0.922. The lowest BCUT2D eigenvalue weighted by Gasteiger charge is -2.43. The zero-order chi connectivity index (χ0) is 23.7. The fourth-order valence-corrected chi connectivity index (χ4v) is 3.92. The van der Waals surface area contributed by atoms with Gasteiger partial charge in [0.2, 0.25) is 5.91 Å². The van der Waals surface area contributed by atoms with Crippen molar-refractivity contribution in [1.82, 2.24) is 20.0 Å². The summed E-state index contributed by atoms with van der Waals surface area (Å²) >= 11 is 0. The molecule has 0 bridgehead atoms. The first kappa shape index (κ1) is 23.8. The Morgan fingerprint density at radius 3 is 2.59 bits per heavy atom. The molecule has 1 atom stereocenters. The van der Waals surface area contributed by atoms with Crippen molar-refractivity contribution in [1.29, 1.82) is 0 Å². The molecule has 7 heteroatoms. The third-order valence-electron chi connectivity index (χ3n) is 6.08. The quantitative estimate of drug-likeness (QED) is 0.711. The lowest BCUT2D eigenvalue weighted by atomic mass is 9.91. The number of amides is 2. The van der Waals surface area contributed by atoms with Gasteiger partial charge in [-0.05, 0) is 31.4 Å². The minimum atomic E-state index is -1.08. The molecule has 1 aromatic heterocycles. The third-order valence-corrected chi connectivity index (χ3v) is 6.08. The van der Waals surface area contributed by atoms with Crippen molar-refractivity contribution in [3.8, 4) is 5.75 Å². The number of nitrogens with zero attached hydrogens (tertiary/aromatic N) is 3. The Morgan fingerprint density at radius 2 is 1.97 bits per heavy atom. The van der Waals surface area contributed by atoms with Gasteiger partial charge < -0.3 is 15.0 Å². The van der Waals surface area contributed by atoms with Crippen molar-refractivity contribution < 1.29 is 14.3 Å². The molecule has 1 N–H and O–H groups in total. The fraction of sp³-hybridized carbons (Fsp3) is 0.560. The molecule has 174 valence electrons. The van der Waals surface area contributed by atoms with E-state index in [1.54, 1.807) is 16.7 Å². The summed E-state index contributed by atoms with van der Waals surface area (Å²) in [7, 11) is 1.61. The Hall–Kier alpha value is -2.83. The second-order valence-electron chi connectivity index (χ2n) is 10.2. The van der Waals surface area contributed by atoms with Crippen molar-refractivity contribution in [3.05, 3.63) is 47.3 Å². The largest absolute Gasteiger partial charge is 0.496 e. The van der Waals surface area contributed by atoms with E-state index in [9.17, 15) is 9.59 Å². The molecular weight excluding hydrogens is 404 g/mol. The molecule has 0 radical (unpaired) electrons. The number of hydrogen-bond acceptors (Lipinski definition) is 4. The Labute approximate surface area is 191 Å². The van der Waals surface area contributed by atoms with Crippen LogP contribution in [0.2, 0.25) is 0 Å². The van der Waals surface area contributed by atoms with Crippen molar-refractivity contribution in [2.45, 2.75) is 72.0 Å². The molecule has 2 heterocycles. The highest BCUT2D eigenvalue weighted by Gasteiger charge is 2.48. The van der Waals surface area contributed by atoms with Gasteiger partial charge in [0.15, 0.2) is 0 Å². The summed E-state index contributed by atoms with van der Waals surface area (Å²) in [4.78, 5) is 28.8. The van der Waals surface area contributed by atoms with Crippen LogP contribution in [0.25, 0.3) is 0 Å². The molecule has 32 heavy (non-hydrogen) atoms. The number of aromatic nitrogens is 2. The van der Waals surface area contributed by atoms with E-state index in [-0.39, 0.29) is 23.8 Å². The summed E-state index contributed by atoms with van der Waals surface area (Å²) in [6, 6.07) is 9.45. The normalized spacial score (nSPS) is 18.6. The van der Waals surface area contributed by atoms with Crippen LogP contribution in [0.1, 0.15) is 69.7 Å². The van der Waals surface area contributed by atoms with Crippen molar-refractivity contribution in [3.63, 3.8) is 0 Å². The molecular formula is C25H36N4O3. The SMILES string of the molecule is COc1ccccc1CN1C(=O)c2cc(C(C)(C)C)nn2CC1(C)C(=O)NCCC(C)C. The van der Waals surface area contributed by atoms with Crippen LogP contribution in [0.15, 0.2) is 30.3 Å². The molecule has 1 aliphatic heterocycles. The van der Waals surface area contributed by atoms with Gasteiger partial charge in [-0.3, -0.25) is 14.3 Å². The molecule has 2 amide bonds. The maximum atomic E-state index is 13.7. The van der Waals surface area contributed by atoms with E-state index in [1.807, 2.05) is 37.3 Å². The van der Waals surface area contributed by atoms with Gasteiger partial charge in [-0.1, -0.05) is 52.8 Å². The van der Waals surface area contributed by atoms with Gasteiger partial charge in [-0.2, -0.15) is 5.10 Å². The third kappa shape index (κ3) is 4.66. The van der Waals surface area contributed by atoms with E-state index in [2.05, 4.69) is 39.9 Å². The minimum absolute atomic E-state index is 0.167. The second-order valence-corrected chi connectivity index (χ2v) is 10.2. The lowest BCUT2D eigenvalue weighted by molar-refractivity contribution is -0.133. The monoisotopic (exact) mass is 440 g/mol. The zero-order valence-electron chi connectivity index (χ0n) is 20.4. The average molecular weight is 441 g/mol. The van der Waals surface area contributed by atoms with E-state index < -0.39 is 5.54 Å². The fourth-order valence-electron chi connectivity index (χ4n) is 3.92. The summed E-state index contributed by atoms with van der Waals surface area (Å²) in [6.45, 7) is 13.4. The number of carbonyl (C=O) groups excluding carboxylic acids is 2. The first-order chi connectivity index (χ1) is 15.0. The standard InChI is InChI=1S/C25H36N4O3/c1-17(2)12-13-26-23(31)25(6)16-29-19(14-21(27-29)24(3,4)5)22(30)28(25)15-18-10-8-9-11-20(18)32-7/h8-11,14,17H,12-13,15-16H2,1-7H3,(H,26,31). The molecule has 1 aliphatic rings. The number of ether oxygens (including phenoxy) is 1. The number of benzene rings is 1. The number of para-hydroxylation sites is 1. The Kier molecular flexibility index (Phi) is 6.67. The molecule has 1 aromatic carbocycles. The highest BCUT2D eigenvalue weighted by atomic mass is 16.5. The summed E-state index contributed by atoms with van der Waals surface area (Å²) in [5, 5.41) is 7.75. The second kappa shape index (κ2) is 8.96. The smallest absolute Gasteiger partial charge is 0.273 e. The molecule has 1 unspecified atom stereocenters. The molecule has 0 fully saturated rings. The number of carbonyl (C=O) groups is 2. The van der Waals surface area contributed by atoms with Crippen molar-refractivity contribution >= 4 is 11.8 Å². The summed E-state index contributed by atoms with van der Waals surface area (Å²) < 4.78 is 7.20. The van der Waals surface area contributed by atoms with Crippen LogP contribution in [0.3, 0.4) is 0 Å². The summed E-state index contributed by atoms with van der Waals surface area (Å²) in [6.07, 6.45) is 0.878. The van der Waals surface area contributed by atoms with Crippen LogP contribution in [0.5, 0.6) is 5.75 Å². The van der Waals surface area contributed by atoms with Gasteiger partial charge in [-0.25, -0.2) is 0 Å². The maximum Gasteiger partial charge on any atom is 0.273 e. The Balaban J connectivity index is 2.01. The van der Waals surface area contributed by atoms with Crippen LogP contribution in [0.4, 0.5) is 0 Å². The number of methoxy groups -OCH3 is 1. The van der Waals surface area contributed by atoms with E-state index in [0.717, 1.165) is 17.7 Å². The number of fused-ring (bicyclic) bond motifs is 1. The van der Waals surface area contributed by atoms with E-state index in [1.165, 1.54) is 0 Å². The van der Waals surface area contributed by atoms with Gasteiger partial charge in [-0.15, -0.1) is 0 Å². The van der Waals surface area contributed by atoms with E-state index in [0.29, 0.717) is 30.5 Å². The predicted octanol–water partition coefficient (Wildman–Crippen LogP) is 3.77. The molecule has 2 aromatic rings. The highest BCUT2D eigenvalue weighted by molar-refractivity contribution is 5.99.